The highest BCUT2D eigenvalue weighted by Gasteiger charge is 2.12. The average molecular weight is 224 g/mol. The number of carbonyl (C=O) groups is 1. The predicted molar refractivity (Wildman–Crippen MR) is 64.1 cm³/mol. The first-order valence-electron chi connectivity index (χ1n) is 4.68. The first-order chi connectivity index (χ1) is 6.91. The highest BCUT2D eigenvalue weighted by Crippen LogP contribution is 2.20. The van der Waals surface area contributed by atoms with Gasteiger partial charge in [0.05, 0.1) is 6.04 Å². The zero-order chi connectivity index (χ0) is 11.6. The normalized spacial score (nSPS) is 12.3. The van der Waals surface area contributed by atoms with E-state index in [0.717, 1.165) is 11.1 Å². The van der Waals surface area contributed by atoms with Crippen LogP contribution >= 0.6 is 11.6 Å². The third-order valence-electron chi connectivity index (χ3n) is 2.09. The first kappa shape index (κ1) is 12.0. The smallest absolute Gasteiger partial charge is 0.179 e. The molecule has 3 heteroatoms. The van der Waals surface area contributed by atoms with Gasteiger partial charge in [0.1, 0.15) is 0 Å². The van der Waals surface area contributed by atoms with Crippen LogP contribution in [0.1, 0.15) is 29.8 Å². The number of allylic oxidation sites excluding steroid dienone is 1. The summed E-state index contributed by atoms with van der Waals surface area (Å²) >= 11 is 5.91. The van der Waals surface area contributed by atoms with Crippen molar-refractivity contribution in [3.05, 3.63) is 40.9 Å². The minimum Gasteiger partial charge on any atom is -0.321 e. The van der Waals surface area contributed by atoms with Crippen molar-refractivity contribution in [1.29, 1.82) is 0 Å². The number of carbonyl (C=O) groups excluding carboxylic acids is 1. The van der Waals surface area contributed by atoms with E-state index >= 15 is 0 Å². The van der Waals surface area contributed by atoms with E-state index in [9.17, 15) is 4.79 Å². The van der Waals surface area contributed by atoms with Crippen LogP contribution in [0, 0.1) is 0 Å². The minimum atomic E-state index is -0.513. The molecule has 1 atom stereocenters. The van der Waals surface area contributed by atoms with Crippen molar-refractivity contribution in [1.82, 2.24) is 0 Å². The molecule has 0 saturated carbocycles. The maximum absolute atomic E-state index is 11.7. The van der Waals surface area contributed by atoms with E-state index in [0.29, 0.717) is 10.6 Å². The van der Waals surface area contributed by atoms with Gasteiger partial charge in [-0.05, 0) is 37.6 Å². The predicted octanol–water partition coefficient (Wildman–Crippen LogP) is 2.90. The van der Waals surface area contributed by atoms with Crippen molar-refractivity contribution in [2.45, 2.75) is 19.9 Å². The van der Waals surface area contributed by atoms with Gasteiger partial charge >= 0.3 is 0 Å². The van der Waals surface area contributed by atoms with Crippen LogP contribution in [0.2, 0.25) is 5.02 Å². The molecular formula is C12H14ClNO. The Balaban J connectivity index is 3.20. The van der Waals surface area contributed by atoms with Crippen molar-refractivity contribution >= 4 is 23.0 Å². The number of hydrogen-bond donors (Lipinski definition) is 1. The molecule has 2 nitrogen and oxygen atoms in total. The fourth-order valence-corrected chi connectivity index (χ4v) is 1.48. The molecule has 0 radical (unpaired) electrons. The Labute approximate surface area is 94.7 Å². The van der Waals surface area contributed by atoms with Crippen molar-refractivity contribution in [2.24, 2.45) is 5.73 Å². The third kappa shape index (κ3) is 2.91. The van der Waals surface area contributed by atoms with Gasteiger partial charge in [0.15, 0.2) is 5.78 Å². The van der Waals surface area contributed by atoms with Gasteiger partial charge in [0.2, 0.25) is 0 Å². The molecule has 1 unspecified atom stereocenters. The molecular weight excluding hydrogens is 210 g/mol. The van der Waals surface area contributed by atoms with E-state index in [4.69, 9.17) is 17.3 Å². The Hall–Kier alpha value is -1.12. The summed E-state index contributed by atoms with van der Waals surface area (Å²) in [6.07, 6.45) is 0. The highest BCUT2D eigenvalue weighted by atomic mass is 35.5. The first-order valence-corrected chi connectivity index (χ1v) is 5.06. The van der Waals surface area contributed by atoms with Crippen LogP contribution in [0.3, 0.4) is 0 Å². The Morgan fingerprint density at radius 3 is 2.40 bits per heavy atom. The van der Waals surface area contributed by atoms with E-state index in [1.54, 1.807) is 25.1 Å². The topological polar surface area (TPSA) is 43.1 Å². The molecule has 0 heterocycles. The van der Waals surface area contributed by atoms with Crippen molar-refractivity contribution < 1.29 is 4.79 Å². The zero-order valence-corrected chi connectivity index (χ0v) is 9.64. The summed E-state index contributed by atoms with van der Waals surface area (Å²) in [5.41, 5.74) is 7.81. The molecule has 0 fully saturated rings. The second-order valence-electron chi connectivity index (χ2n) is 3.66. The molecule has 1 rings (SSSR count). The molecule has 0 saturated heterocycles. The number of benzene rings is 1. The summed E-state index contributed by atoms with van der Waals surface area (Å²) in [5.74, 6) is -0.111. The van der Waals surface area contributed by atoms with Crippen LogP contribution in [0.4, 0.5) is 0 Å². The van der Waals surface area contributed by atoms with Gasteiger partial charge in [0.25, 0.3) is 0 Å². The number of Topliss-reactive ketones (excluding diaryl/α,β-unsaturated/α-hetero) is 1. The molecule has 0 aliphatic heterocycles. The van der Waals surface area contributed by atoms with Crippen molar-refractivity contribution in [3.8, 4) is 0 Å². The largest absolute Gasteiger partial charge is 0.321 e. The summed E-state index contributed by atoms with van der Waals surface area (Å²) in [4.78, 5) is 11.7. The number of hydrogen-bond acceptors (Lipinski definition) is 2. The van der Waals surface area contributed by atoms with E-state index < -0.39 is 6.04 Å². The molecule has 80 valence electrons. The number of halogens is 1. The molecule has 0 aliphatic carbocycles. The monoisotopic (exact) mass is 223 g/mol. The molecule has 1 aromatic rings. The van der Waals surface area contributed by atoms with Gasteiger partial charge in [-0.15, -0.1) is 0 Å². The summed E-state index contributed by atoms with van der Waals surface area (Å²) in [5, 5.41) is 0.527. The number of rotatable bonds is 3. The van der Waals surface area contributed by atoms with Gasteiger partial charge in [-0.25, -0.2) is 0 Å². The second-order valence-corrected chi connectivity index (χ2v) is 4.10. The van der Waals surface area contributed by atoms with Gasteiger partial charge in [-0.1, -0.05) is 23.8 Å². The lowest BCUT2D eigenvalue weighted by Gasteiger charge is -2.07. The Morgan fingerprint density at radius 1 is 1.40 bits per heavy atom. The second kappa shape index (κ2) is 4.60. The Bertz CT molecular complexity index is 410. The quantitative estimate of drug-likeness (QED) is 0.801. The van der Waals surface area contributed by atoms with Crippen LogP contribution in [0.25, 0.3) is 5.57 Å². The number of nitrogens with two attached hydrogens (primary N) is 1. The maximum atomic E-state index is 11.7. The third-order valence-corrected chi connectivity index (χ3v) is 2.31. The van der Waals surface area contributed by atoms with Crippen LogP contribution in [-0.2, 0) is 0 Å². The molecule has 15 heavy (non-hydrogen) atoms. The Kier molecular flexibility index (Phi) is 3.66. The zero-order valence-electron chi connectivity index (χ0n) is 8.88. The minimum absolute atomic E-state index is 0.111. The SMILES string of the molecule is C=C(C)c1cc(Cl)cc(C(=O)C(C)N)c1. The molecule has 0 aromatic heterocycles. The van der Waals surface area contributed by atoms with Crippen molar-refractivity contribution in [3.63, 3.8) is 0 Å². The van der Waals surface area contributed by atoms with E-state index in [-0.39, 0.29) is 5.78 Å². The van der Waals surface area contributed by atoms with E-state index in [1.165, 1.54) is 0 Å². The molecule has 0 aliphatic rings. The lowest BCUT2D eigenvalue weighted by Crippen LogP contribution is -2.26. The number of ketones is 1. The molecule has 0 amide bonds. The van der Waals surface area contributed by atoms with Gasteiger partial charge in [-0.2, -0.15) is 0 Å². The molecule has 2 N–H and O–H groups in total. The standard InChI is InChI=1S/C12H14ClNO/c1-7(2)9-4-10(6-11(13)5-9)12(15)8(3)14/h4-6,8H,1,14H2,2-3H3. The average Bonchev–Trinajstić information content (AvgIpc) is 2.15. The highest BCUT2D eigenvalue weighted by molar-refractivity contribution is 6.31. The fraction of sp³-hybridized carbons (Fsp3) is 0.250. The lowest BCUT2D eigenvalue weighted by atomic mass is 10.0. The van der Waals surface area contributed by atoms with E-state index in [2.05, 4.69) is 6.58 Å². The lowest BCUT2D eigenvalue weighted by molar-refractivity contribution is 0.0968. The van der Waals surface area contributed by atoms with Crippen LogP contribution in [-0.4, -0.2) is 11.8 Å². The fourth-order valence-electron chi connectivity index (χ4n) is 1.24. The molecule has 0 spiro atoms. The van der Waals surface area contributed by atoms with Gasteiger partial charge in [0, 0.05) is 10.6 Å². The summed E-state index contributed by atoms with van der Waals surface area (Å²) in [6.45, 7) is 7.33. The van der Waals surface area contributed by atoms with Crippen LogP contribution in [0.5, 0.6) is 0 Å². The van der Waals surface area contributed by atoms with Crippen LogP contribution in [0.15, 0.2) is 24.8 Å². The summed E-state index contributed by atoms with van der Waals surface area (Å²) < 4.78 is 0. The molecule has 0 bridgehead atoms. The van der Waals surface area contributed by atoms with E-state index in [1.807, 2.05) is 6.92 Å². The summed E-state index contributed by atoms with van der Waals surface area (Å²) in [6, 6.07) is 4.66. The van der Waals surface area contributed by atoms with Crippen LogP contribution < -0.4 is 5.73 Å². The van der Waals surface area contributed by atoms with Gasteiger partial charge < -0.3 is 5.73 Å². The Morgan fingerprint density at radius 2 is 1.93 bits per heavy atom. The molecule has 1 aromatic carbocycles. The van der Waals surface area contributed by atoms with Crippen molar-refractivity contribution in [2.75, 3.05) is 0 Å². The van der Waals surface area contributed by atoms with Gasteiger partial charge in [-0.3, -0.25) is 4.79 Å². The summed E-state index contributed by atoms with van der Waals surface area (Å²) in [7, 11) is 0. The maximum Gasteiger partial charge on any atom is 0.179 e.